The summed E-state index contributed by atoms with van der Waals surface area (Å²) in [6, 6.07) is 6.23. The van der Waals surface area contributed by atoms with Gasteiger partial charge < -0.3 is 20.3 Å². The van der Waals surface area contributed by atoms with Crippen molar-refractivity contribution in [2.75, 3.05) is 36.9 Å². The molecule has 1 amide bonds. The minimum absolute atomic E-state index is 0.0811. The Labute approximate surface area is 205 Å². The predicted molar refractivity (Wildman–Crippen MR) is 133 cm³/mol. The van der Waals surface area contributed by atoms with E-state index >= 15 is 0 Å². The van der Waals surface area contributed by atoms with E-state index in [1.54, 1.807) is 4.90 Å². The maximum atomic E-state index is 14.5. The van der Waals surface area contributed by atoms with Crippen LogP contribution in [0.5, 0.6) is 0 Å². The highest BCUT2D eigenvalue weighted by atomic mass is 19.1. The van der Waals surface area contributed by atoms with Gasteiger partial charge in [0.15, 0.2) is 11.6 Å². The van der Waals surface area contributed by atoms with Crippen molar-refractivity contribution >= 4 is 23.4 Å². The van der Waals surface area contributed by atoms with Gasteiger partial charge >= 0.3 is 0 Å². The van der Waals surface area contributed by atoms with Gasteiger partial charge in [0.05, 0.1) is 6.20 Å². The number of amides is 1. The lowest BCUT2D eigenvalue weighted by atomic mass is 9.90. The van der Waals surface area contributed by atoms with Gasteiger partial charge in [-0.3, -0.25) is 9.69 Å². The number of nitrogens with one attached hydrogen (secondary N) is 2. The van der Waals surface area contributed by atoms with Gasteiger partial charge in [0.1, 0.15) is 0 Å². The topological polar surface area (TPSA) is 82.6 Å². The van der Waals surface area contributed by atoms with E-state index in [1.165, 1.54) is 23.4 Å². The highest BCUT2D eigenvalue weighted by molar-refractivity contribution is 5.87. The Morgan fingerprint density at radius 3 is 2.89 bits per heavy atom. The number of fused-ring (bicyclic) bond motifs is 1. The van der Waals surface area contributed by atoms with Crippen molar-refractivity contribution in [1.29, 1.82) is 0 Å². The van der Waals surface area contributed by atoms with E-state index in [9.17, 15) is 9.18 Å². The maximum absolute atomic E-state index is 14.5. The van der Waals surface area contributed by atoms with Gasteiger partial charge in [-0.15, -0.1) is 0 Å². The lowest BCUT2D eigenvalue weighted by Gasteiger charge is -2.41. The summed E-state index contributed by atoms with van der Waals surface area (Å²) in [5.74, 6) is -0.157. The summed E-state index contributed by atoms with van der Waals surface area (Å²) in [4.78, 5) is 24.8. The van der Waals surface area contributed by atoms with Crippen molar-refractivity contribution < 1.29 is 13.9 Å². The number of piperidine rings is 1. The average molecular weight is 481 g/mol. The average Bonchev–Trinajstić information content (AvgIpc) is 3.31. The fourth-order valence-corrected chi connectivity index (χ4v) is 5.26. The van der Waals surface area contributed by atoms with E-state index in [0.717, 1.165) is 57.7 Å². The van der Waals surface area contributed by atoms with Crippen molar-refractivity contribution in [1.82, 2.24) is 19.8 Å². The molecule has 4 heterocycles. The molecule has 1 aromatic carbocycles. The summed E-state index contributed by atoms with van der Waals surface area (Å²) >= 11 is 0. The molecule has 186 valence electrons. The van der Waals surface area contributed by atoms with Crippen LogP contribution in [0, 0.1) is 5.82 Å². The zero-order valence-corrected chi connectivity index (χ0v) is 20.2. The molecule has 2 fully saturated rings. The van der Waals surface area contributed by atoms with Crippen molar-refractivity contribution in [3.05, 3.63) is 54.0 Å². The van der Waals surface area contributed by atoms with Crippen LogP contribution in [0.1, 0.15) is 43.7 Å². The first-order valence-corrected chi connectivity index (χ1v) is 12.4. The molecule has 0 radical (unpaired) electrons. The molecule has 1 atom stereocenters. The molecule has 0 aliphatic carbocycles. The quantitative estimate of drug-likeness (QED) is 0.608. The lowest BCUT2D eigenvalue weighted by molar-refractivity contribution is -0.127. The van der Waals surface area contributed by atoms with Gasteiger partial charge in [0.2, 0.25) is 11.9 Å². The van der Waals surface area contributed by atoms with Crippen LogP contribution >= 0.6 is 0 Å². The first-order valence-electron chi connectivity index (χ1n) is 12.4. The number of benzene rings is 1. The number of anilines is 3. The second kappa shape index (κ2) is 9.91. The molecule has 0 spiro atoms. The van der Waals surface area contributed by atoms with Crippen molar-refractivity contribution in [3.63, 3.8) is 0 Å². The maximum Gasteiger partial charge on any atom is 0.246 e. The van der Waals surface area contributed by atoms with Crippen LogP contribution in [-0.2, 0) is 22.6 Å². The van der Waals surface area contributed by atoms with Crippen molar-refractivity contribution in [2.45, 2.75) is 57.3 Å². The number of hydrogen-bond acceptors (Lipinski definition) is 7. The van der Waals surface area contributed by atoms with Crippen LogP contribution < -0.4 is 10.6 Å². The van der Waals surface area contributed by atoms with Crippen molar-refractivity contribution in [3.8, 4) is 0 Å². The molecule has 3 aliphatic heterocycles. The number of aromatic nitrogens is 2. The Hall–Kier alpha value is -3.04. The molecule has 2 aromatic rings. The minimum atomic E-state index is -0.517. The Morgan fingerprint density at radius 1 is 1.29 bits per heavy atom. The highest BCUT2D eigenvalue weighted by Crippen LogP contribution is 2.36. The molecule has 0 saturated carbocycles. The third-order valence-electron chi connectivity index (χ3n) is 7.51. The van der Waals surface area contributed by atoms with Crippen LogP contribution in [0.2, 0.25) is 0 Å². The smallest absolute Gasteiger partial charge is 0.246 e. The number of rotatable bonds is 6. The van der Waals surface area contributed by atoms with E-state index in [0.29, 0.717) is 19.0 Å². The molecule has 9 heteroatoms. The number of nitrogens with zero attached hydrogens (tertiary/aromatic N) is 4. The standard InChI is InChI=1S/C26H33FN6O2/c1-3-23(34)32-10-4-5-21(17-32)29-24-22(27)14-28-25(31-24)30-20-7-6-18-15-33(16-19(18)13-20)26(2)8-11-35-12-9-26/h3,6-7,13-14,21H,1,4-5,8-12,15-17H2,2H3,(H2,28,29,30,31)/t21-/m1/s1. The van der Waals surface area contributed by atoms with Crippen LogP contribution in [0.15, 0.2) is 37.1 Å². The van der Waals surface area contributed by atoms with Crippen LogP contribution in [-0.4, -0.2) is 63.6 Å². The third kappa shape index (κ3) is 5.16. The van der Waals surface area contributed by atoms with Gasteiger partial charge in [-0.2, -0.15) is 4.98 Å². The summed E-state index contributed by atoms with van der Waals surface area (Å²) in [7, 11) is 0. The van der Waals surface area contributed by atoms with E-state index in [4.69, 9.17) is 4.74 Å². The fourth-order valence-electron chi connectivity index (χ4n) is 5.26. The molecule has 0 bridgehead atoms. The Morgan fingerprint density at radius 2 is 2.09 bits per heavy atom. The van der Waals surface area contributed by atoms with Gasteiger partial charge in [-0.05, 0) is 61.9 Å². The summed E-state index contributed by atoms with van der Waals surface area (Å²) in [6.45, 7) is 10.5. The van der Waals surface area contributed by atoms with Gasteiger partial charge in [-0.1, -0.05) is 12.6 Å². The number of hydrogen-bond donors (Lipinski definition) is 2. The van der Waals surface area contributed by atoms with Crippen LogP contribution in [0.3, 0.4) is 0 Å². The van der Waals surface area contributed by atoms with Crippen LogP contribution in [0.25, 0.3) is 0 Å². The van der Waals surface area contributed by atoms with Gasteiger partial charge in [-0.25, -0.2) is 9.37 Å². The molecule has 2 saturated heterocycles. The summed E-state index contributed by atoms with van der Waals surface area (Å²) in [5, 5.41) is 6.39. The normalized spacial score (nSPS) is 21.9. The third-order valence-corrected chi connectivity index (χ3v) is 7.51. The highest BCUT2D eigenvalue weighted by Gasteiger charge is 2.37. The Bertz CT molecular complexity index is 1100. The number of carbonyl (C=O) groups is 1. The number of ether oxygens (including phenoxy) is 1. The lowest BCUT2D eigenvalue weighted by Crippen LogP contribution is -2.47. The van der Waals surface area contributed by atoms with E-state index in [2.05, 4.69) is 51.1 Å². The van der Waals surface area contributed by atoms with E-state index in [1.807, 2.05) is 6.07 Å². The molecular weight excluding hydrogens is 447 g/mol. The zero-order valence-electron chi connectivity index (χ0n) is 20.2. The number of likely N-dealkylation sites (tertiary alicyclic amines) is 1. The minimum Gasteiger partial charge on any atom is -0.381 e. The molecule has 2 N–H and O–H groups in total. The van der Waals surface area contributed by atoms with Crippen LogP contribution in [0.4, 0.5) is 21.8 Å². The monoisotopic (exact) mass is 480 g/mol. The summed E-state index contributed by atoms with van der Waals surface area (Å²) < 4.78 is 20.1. The second-order valence-electron chi connectivity index (χ2n) is 9.94. The fraction of sp³-hybridized carbons (Fsp3) is 0.500. The molecular formula is C26H33FN6O2. The summed E-state index contributed by atoms with van der Waals surface area (Å²) in [5.41, 5.74) is 3.66. The molecule has 8 nitrogen and oxygen atoms in total. The second-order valence-corrected chi connectivity index (χ2v) is 9.94. The molecule has 35 heavy (non-hydrogen) atoms. The Balaban J connectivity index is 1.25. The number of carbonyl (C=O) groups excluding carboxylic acids is 1. The molecule has 1 aromatic heterocycles. The first kappa shape index (κ1) is 23.7. The molecule has 3 aliphatic rings. The Kier molecular flexibility index (Phi) is 6.71. The molecule has 0 unspecified atom stereocenters. The SMILES string of the molecule is C=CC(=O)N1CCC[C@@H](Nc2nc(Nc3ccc4c(c3)CN(C3(C)CCOCC3)C4)ncc2F)C1. The largest absolute Gasteiger partial charge is 0.381 e. The first-order chi connectivity index (χ1) is 16.9. The van der Waals surface area contributed by atoms with Crippen molar-refractivity contribution in [2.24, 2.45) is 0 Å². The summed E-state index contributed by atoms with van der Waals surface area (Å²) in [6.07, 6.45) is 6.26. The van der Waals surface area contributed by atoms with Gasteiger partial charge in [0.25, 0.3) is 0 Å². The zero-order chi connectivity index (χ0) is 24.4. The molecule has 5 rings (SSSR count). The predicted octanol–water partition coefficient (Wildman–Crippen LogP) is 3.83. The van der Waals surface area contributed by atoms with Gasteiger partial charge in [0, 0.05) is 56.7 Å². The number of halogens is 1. The van der Waals surface area contributed by atoms with E-state index < -0.39 is 5.82 Å². The van der Waals surface area contributed by atoms with E-state index in [-0.39, 0.29) is 23.3 Å².